The molecule has 3 aromatic heterocycles. The summed E-state index contributed by atoms with van der Waals surface area (Å²) in [5.74, 6) is 0.645. The highest BCUT2D eigenvalue weighted by molar-refractivity contribution is 9.10. The number of carbonyl (C=O) groups is 2. The van der Waals surface area contributed by atoms with Crippen molar-refractivity contribution in [3.8, 4) is 11.6 Å². The average molecular weight is 513 g/mol. The first-order valence-corrected chi connectivity index (χ1v) is 11.7. The SMILES string of the molecule is CCCn1c(SCC(=O)Nc2sc(C)c(C)c2C(=O)OC)nnc1-c1ccc(Br)o1. The molecule has 0 saturated carbocycles. The van der Waals surface area contributed by atoms with Gasteiger partial charge in [0.15, 0.2) is 15.6 Å². The quantitative estimate of drug-likeness (QED) is 0.338. The smallest absolute Gasteiger partial charge is 0.341 e. The van der Waals surface area contributed by atoms with E-state index in [1.165, 1.54) is 30.2 Å². The zero-order valence-corrected chi connectivity index (χ0v) is 20.2. The molecule has 0 atom stereocenters. The van der Waals surface area contributed by atoms with E-state index >= 15 is 0 Å². The van der Waals surface area contributed by atoms with Crippen LogP contribution in [0.4, 0.5) is 5.00 Å². The summed E-state index contributed by atoms with van der Waals surface area (Å²) in [5.41, 5.74) is 1.21. The highest BCUT2D eigenvalue weighted by atomic mass is 79.9. The first kappa shape index (κ1) is 22.6. The first-order valence-electron chi connectivity index (χ1n) is 9.15. The number of aromatic nitrogens is 3. The topological polar surface area (TPSA) is 99.2 Å². The Balaban J connectivity index is 1.73. The van der Waals surface area contributed by atoms with E-state index in [2.05, 4.69) is 38.4 Å². The molecular weight excluding hydrogens is 492 g/mol. The zero-order valence-electron chi connectivity index (χ0n) is 16.9. The van der Waals surface area contributed by atoms with Crippen molar-refractivity contribution in [2.24, 2.45) is 0 Å². The maximum atomic E-state index is 12.6. The number of esters is 1. The van der Waals surface area contributed by atoms with Crippen LogP contribution in [0.25, 0.3) is 11.6 Å². The summed E-state index contributed by atoms with van der Waals surface area (Å²) in [6.45, 7) is 6.49. The van der Waals surface area contributed by atoms with Crippen molar-refractivity contribution in [1.82, 2.24) is 14.8 Å². The molecule has 0 aliphatic heterocycles. The number of halogens is 1. The molecule has 0 saturated heterocycles. The third-order valence-electron chi connectivity index (χ3n) is 4.32. The molecule has 1 N–H and O–H groups in total. The molecule has 8 nitrogen and oxygen atoms in total. The number of hydrogen-bond acceptors (Lipinski definition) is 8. The number of nitrogens with zero attached hydrogens (tertiary/aromatic N) is 3. The van der Waals surface area contributed by atoms with Crippen molar-refractivity contribution in [1.29, 1.82) is 0 Å². The molecule has 1 amide bonds. The molecular formula is C19H21BrN4O4S2. The van der Waals surface area contributed by atoms with Gasteiger partial charge in [0.25, 0.3) is 0 Å². The van der Waals surface area contributed by atoms with Gasteiger partial charge in [-0.2, -0.15) is 0 Å². The number of furan rings is 1. The molecule has 0 unspecified atom stereocenters. The van der Waals surface area contributed by atoms with Gasteiger partial charge in [0.2, 0.25) is 11.7 Å². The number of carbonyl (C=O) groups excluding carboxylic acids is 2. The van der Waals surface area contributed by atoms with Crippen molar-refractivity contribution < 1.29 is 18.7 Å². The van der Waals surface area contributed by atoms with Crippen LogP contribution >= 0.6 is 39.0 Å². The van der Waals surface area contributed by atoms with E-state index in [0.717, 1.165) is 16.9 Å². The van der Waals surface area contributed by atoms with E-state index in [1.54, 1.807) is 6.07 Å². The molecule has 0 fully saturated rings. The third kappa shape index (κ3) is 4.79. The van der Waals surface area contributed by atoms with Gasteiger partial charge in [0.05, 0.1) is 18.4 Å². The van der Waals surface area contributed by atoms with Gasteiger partial charge in [0.1, 0.15) is 5.00 Å². The fourth-order valence-corrected chi connectivity index (χ4v) is 4.93. The van der Waals surface area contributed by atoms with Crippen LogP contribution in [0.5, 0.6) is 0 Å². The van der Waals surface area contributed by atoms with Gasteiger partial charge in [-0.3, -0.25) is 9.36 Å². The molecule has 0 aliphatic rings. The Labute approximate surface area is 190 Å². The van der Waals surface area contributed by atoms with Gasteiger partial charge in [-0.05, 0) is 53.9 Å². The van der Waals surface area contributed by atoms with Crippen LogP contribution in [0.2, 0.25) is 0 Å². The van der Waals surface area contributed by atoms with E-state index in [4.69, 9.17) is 9.15 Å². The fraction of sp³-hybridized carbons (Fsp3) is 0.368. The number of ether oxygens (including phenoxy) is 1. The molecule has 3 rings (SSSR count). The van der Waals surface area contributed by atoms with Crippen molar-refractivity contribution in [3.63, 3.8) is 0 Å². The summed E-state index contributed by atoms with van der Waals surface area (Å²) in [6.07, 6.45) is 0.878. The average Bonchev–Trinajstić information content (AvgIpc) is 3.38. The molecule has 11 heteroatoms. The van der Waals surface area contributed by atoms with E-state index in [1.807, 2.05) is 24.5 Å². The largest absolute Gasteiger partial charge is 0.465 e. The summed E-state index contributed by atoms with van der Waals surface area (Å²) < 4.78 is 13.0. The van der Waals surface area contributed by atoms with E-state index in [0.29, 0.717) is 38.5 Å². The number of rotatable bonds is 8. The van der Waals surface area contributed by atoms with E-state index in [-0.39, 0.29) is 11.7 Å². The lowest BCUT2D eigenvalue weighted by atomic mass is 10.1. The van der Waals surface area contributed by atoms with Gasteiger partial charge in [0, 0.05) is 11.4 Å². The number of anilines is 1. The molecule has 30 heavy (non-hydrogen) atoms. The minimum atomic E-state index is -0.461. The number of aryl methyl sites for hydroxylation is 1. The second-order valence-corrected chi connectivity index (χ2v) is 9.33. The van der Waals surface area contributed by atoms with Crippen molar-refractivity contribution in [2.75, 3.05) is 18.2 Å². The van der Waals surface area contributed by atoms with Crippen LogP contribution in [0.15, 0.2) is 26.4 Å². The van der Waals surface area contributed by atoms with Crippen LogP contribution in [0, 0.1) is 13.8 Å². The summed E-state index contributed by atoms with van der Waals surface area (Å²) in [6, 6.07) is 3.61. The zero-order chi connectivity index (χ0) is 21.8. The number of thioether (sulfide) groups is 1. The van der Waals surface area contributed by atoms with Gasteiger partial charge in [-0.25, -0.2) is 4.79 Å². The van der Waals surface area contributed by atoms with Crippen molar-refractivity contribution in [3.05, 3.63) is 32.8 Å². The van der Waals surface area contributed by atoms with Crippen LogP contribution in [-0.4, -0.2) is 39.5 Å². The Hall–Kier alpha value is -2.11. The van der Waals surface area contributed by atoms with Crippen LogP contribution in [-0.2, 0) is 16.1 Å². The molecule has 0 spiro atoms. The summed E-state index contributed by atoms with van der Waals surface area (Å²) in [5, 5.41) is 12.4. The second-order valence-electron chi connectivity index (χ2n) is 6.38. The monoisotopic (exact) mass is 512 g/mol. The Morgan fingerprint density at radius 3 is 2.73 bits per heavy atom. The first-order chi connectivity index (χ1) is 14.3. The molecule has 0 radical (unpaired) electrons. The van der Waals surface area contributed by atoms with Gasteiger partial charge in [-0.15, -0.1) is 21.5 Å². The molecule has 0 bridgehead atoms. The standard InChI is InChI=1S/C19H21BrN4O4S2/c1-5-8-24-16(12-6-7-13(20)28-12)22-23-19(24)29-9-14(25)21-17-15(18(26)27-4)10(2)11(3)30-17/h6-7H,5,8-9H2,1-4H3,(H,21,25). The minimum Gasteiger partial charge on any atom is -0.465 e. The molecule has 3 heterocycles. The highest BCUT2D eigenvalue weighted by Gasteiger charge is 2.22. The molecule has 3 aromatic rings. The lowest BCUT2D eigenvalue weighted by Crippen LogP contribution is -2.16. The van der Waals surface area contributed by atoms with E-state index < -0.39 is 5.97 Å². The van der Waals surface area contributed by atoms with Crippen molar-refractivity contribution >= 4 is 55.9 Å². The highest BCUT2D eigenvalue weighted by Crippen LogP contribution is 2.33. The number of methoxy groups -OCH3 is 1. The normalized spacial score (nSPS) is 11.0. The van der Waals surface area contributed by atoms with Gasteiger partial charge < -0.3 is 14.5 Å². The van der Waals surface area contributed by atoms with Gasteiger partial charge >= 0.3 is 5.97 Å². The lowest BCUT2D eigenvalue weighted by molar-refractivity contribution is -0.113. The lowest BCUT2D eigenvalue weighted by Gasteiger charge is -2.08. The summed E-state index contributed by atoms with van der Waals surface area (Å²) in [7, 11) is 1.33. The minimum absolute atomic E-state index is 0.125. The van der Waals surface area contributed by atoms with Crippen molar-refractivity contribution in [2.45, 2.75) is 38.9 Å². The number of nitrogens with one attached hydrogen (secondary N) is 1. The van der Waals surface area contributed by atoms with Crippen LogP contribution < -0.4 is 5.32 Å². The van der Waals surface area contributed by atoms with Gasteiger partial charge in [-0.1, -0.05) is 18.7 Å². The number of amides is 1. The fourth-order valence-electron chi connectivity index (χ4n) is 2.79. The molecule has 0 aromatic carbocycles. The third-order valence-corrected chi connectivity index (χ3v) is 6.83. The Morgan fingerprint density at radius 2 is 2.10 bits per heavy atom. The molecule has 0 aliphatic carbocycles. The number of hydrogen-bond donors (Lipinski definition) is 1. The Morgan fingerprint density at radius 1 is 1.33 bits per heavy atom. The van der Waals surface area contributed by atoms with Crippen LogP contribution in [0.1, 0.15) is 34.1 Å². The van der Waals surface area contributed by atoms with E-state index in [9.17, 15) is 9.59 Å². The Bertz CT molecular complexity index is 1070. The maximum Gasteiger partial charge on any atom is 0.341 e. The Kier molecular flexibility index (Phi) is 7.37. The second kappa shape index (κ2) is 9.80. The summed E-state index contributed by atoms with van der Waals surface area (Å²) in [4.78, 5) is 25.6. The predicted octanol–water partition coefficient (Wildman–Crippen LogP) is 4.91. The maximum absolute atomic E-state index is 12.6. The van der Waals surface area contributed by atoms with Crippen LogP contribution in [0.3, 0.4) is 0 Å². The predicted molar refractivity (Wildman–Crippen MR) is 120 cm³/mol. The molecule has 160 valence electrons. The number of thiophene rings is 1. The summed E-state index contributed by atoms with van der Waals surface area (Å²) >= 11 is 5.93.